The summed E-state index contributed by atoms with van der Waals surface area (Å²) in [6.07, 6.45) is 3.80. The molecule has 0 aliphatic carbocycles. The van der Waals surface area contributed by atoms with Gasteiger partial charge in [0.25, 0.3) is 0 Å². The fourth-order valence-electron chi connectivity index (χ4n) is 2.66. The molecule has 0 spiro atoms. The molecule has 2 aromatic rings. The second kappa shape index (κ2) is 4.89. The van der Waals surface area contributed by atoms with Crippen molar-refractivity contribution >= 4 is 10.9 Å². The summed E-state index contributed by atoms with van der Waals surface area (Å²) in [6, 6.07) is 5.19. The van der Waals surface area contributed by atoms with Crippen LogP contribution in [-0.4, -0.2) is 36.1 Å². The van der Waals surface area contributed by atoms with Crippen LogP contribution in [0.4, 0.5) is 0 Å². The highest BCUT2D eigenvalue weighted by atomic mass is 16.5. The number of hydrogen-bond donors (Lipinski definition) is 0. The van der Waals surface area contributed by atoms with Gasteiger partial charge in [0, 0.05) is 43.5 Å². The van der Waals surface area contributed by atoms with Crippen LogP contribution in [0.3, 0.4) is 0 Å². The van der Waals surface area contributed by atoms with E-state index in [2.05, 4.69) is 0 Å². The van der Waals surface area contributed by atoms with Crippen molar-refractivity contribution in [3.8, 4) is 5.75 Å². The zero-order chi connectivity index (χ0) is 18.4. The van der Waals surface area contributed by atoms with Crippen LogP contribution in [0.15, 0.2) is 24.4 Å². The van der Waals surface area contributed by atoms with E-state index < -0.39 is 20.0 Å². The quantitative estimate of drug-likeness (QED) is 0.848. The maximum absolute atomic E-state index is 7.56. The van der Waals surface area contributed by atoms with Gasteiger partial charge in [-0.2, -0.15) is 0 Å². The molecule has 0 amide bonds. The molecule has 3 nitrogen and oxygen atoms in total. The second-order valence-electron chi connectivity index (χ2n) is 5.11. The molecule has 102 valence electrons. The monoisotopic (exact) mass is 264 g/mol. The molecule has 0 saturated carbocycles. The Bertz CT molecular complexity index is 750. The first kappa shape index (κ1) is 7.34. The van der Waals surface area contributed by atoms with Crippen molar-refractivity contribution in [1.29, 1.82) is 0 Å². The van der Waals surface area contributed by atoms with Crippen LogP contribution in [0, 0.1) is 0 Å². The number of hydrogen-bond acceptors (Lipinski definition) is 2. The predicted octanol–water partition coefficient (Wildman–Crippen LogP) is 2.92. The number of benzene rings is 1. The number of fused-ring (bicyclic) bond motifs is 3. The van der Waals surface area contributed by atoms with Crippen molar-refractivity contribution in [2.75, 3.05) is 20.6 Å². The number of nitrogens with zero attached hydrogens (tertiary/aromatic N) is 2. The number of aromatic nitrogens is 1. The van der Waals surface area contributed by atoms with E-state index in [9.17, 15) is 0 Å². The minimum Gasteiger partial charge on any atom is -0.493 e. The highest BCUT2D eigenvalue weighted by Crippen LogP contribution is 2.32. The molecule has 1 aromatic carbocycles. The zero-order valence-corrected chi connectivity index (χ0v) is 11.0. The third kappa shape index (κ3) is 2.23. The fraction of sp³-hybridized carbons (Fsp3) is 0.500. The minimum absolute atomic E-state index is 0.278. The van der Waals surface area contributed by atoms with Gasteiger partial charge in [-0.1, -0.05) is 0 Å². The summed E-state index contributed by atoms with van der Waals surface area (Å²) in [6.45, 7) is -2.73. The first-order valence-electron chi connectivity index (χ1n) is 9.62. The van der Waals surface area contributed by atoms with Crippen LogP contribution in [0.2, 0.25) is 0 Å². The van der Waals surface area contributed by atoms with Gasteiger partial charge in [0.1, 0.15) is 5.75 Å². The van der Waals surface area contributed by atoms with E-state index in [1.807, 2.05) is 29.0 Å². The van der Waals surface area contributed by atoms with E-state index in [0.717, 1.165) is 36.1 Å². The fourth-order valence-corrected chi connectivity index (χ4v) is 2.66. The summed E-state index contributed by atoms with van der Waals surface area (Å²) in [5.41, 5.74) is 2.13. The summed E-state index contributed by atoms with van der Waals surface area (Å²) < 4.78 is 53.0. The number of aryl methyl sites for hydroxylation is 1. The van der Waals surface area contributed by atoms with Crippen molar-refractivity contribution in [2.45, 2.75) is 32.4 Å². The highest BCUT2D eigenvalue weighted by molar-refractivity contribution is 5.86. The number of ether oxygens (including phenoxy) is 1. The van der Waals surface area contributed by atoms with Crippen LogP contribution in [-0.2, 0) is 13.0 Å². The molecule has 3 heteroatoms. The Balaban J connectivity index is 1.92. The molecule has 0 radical (unpaired) electrons. The van der Waals surface area contributed by atoms with Crippen LogP contribution >= 0.6 is 0 Å². The van der Waals surface area contributed by atoms with Crippen molar-refractivity contribution in [3.05, 3.63) is 30.0 Å². The Morgan fingerprint density at radius 2 is 2.32 bits per heavy atom. The molecule has 0 fully saturated rings. The third-order valence-electron chi connectivity index (χ3n) is 3.75. The second-order valence-corrected chi connectivity index (χ2v) is 5.11. The summed E-state index contributed by atoms with van der Waals surface area (Å²) in [7, 11) is 0. The van der Waals surface area contributed by atoms with Gasteiger partial charge in [-0.3, -0.25) is 0 Å². The van der Waals surface area contributed by atoms with E-state index in [1.54, 1.807) is 6.92 Å². The predicted molar refractivity (Wildman–Crippen MR) is 78.9 cm³/mol. The van der Waals surface area contributed by atoms with Gasteiger partial charge in [-0.05, 0) is 51.9 Å². The first-order chi connectivity index (χ1) is 11.6. The van der Waals surface area contributed by atoms with E-state index in [-0.39, 0.29) is 6.54 Å². The van der Waals surface area contributed by atoms with Crippen LogP contribution < -0.4 is 4.74 Å². The smallest absolute Gasteiger partial charge is 0.123 e. The molecule has 1 aromatic heterocycles. The largest absolute Gasteiger partial charge is 0.493 e. The molecule has 2 heterocycles. The zero-order valence-electron chi connectivity index (χ0n) is 17.0. The van der Waals surface area contributed by atoms with Gasteiger partial charge in [0.05, 0.1) is 6.61 Å². The van der Waals surface area contributed by atoms with E-state index in [0.29, 0.717) is 4.90 Å². The van der Waals surface area contributed by atoms with Gasteiger partial charge in [0.2, 0.25) is 0 Å². The standard InChI is InChI=1S/C16H22N2O/c1-12(17(2)3)11-18-9-8-13-14-5-4-10-19-16(14)7-6-15(13)18/h6-9,12H,4-5,10-11H2,1-3H3/t12-/m1/s1/i2D3,3D3. The molecule has 0 bridgehead atoms. The molecule has 3 rings (SSSR count). The normalized spacial score (nSPS) is 22.4. The van der Waals surface area contributed by atoms with Gasteiger partial charge in [-0.15, -0.1) is 0 Å². The maximum Gasteiger partial charge on any atom is 0.123 e. The molecule has 0 unspecified atom stereocenters. The average Bonchev–Trinajstić information content (AvgIpc) is 2.87. The first-order valence-corrected chi connectivity index (χ1v) is 6.62. The van der Waals surface area contributed by atoms with Gasteiger partial charge in [0.15, 0.2) is 0 Å². The van der Waals surface area contributed by atoms with Crippen molar-refractivity contribution in [1.82, 2.24) is 9.47 Å². The summed E-state index contributed by atoms with van der Waals surface area (Å²) in [5.74, 6) is 0.899. The van der Waals surface area contributed by atoms with Crippen molar-refractivity contribution in [3.63, 3.8) is 0 Å². The lowest BCUT2D eigenvalue weighted by atomic mass is 10.0. The van der Waals surface area contributed by atoms with Gasteiger partial charge < -0.3 is 14.2 Å². The molecular formula is C16H22N2O. The lowest BCUT2D eigenvalue weighted by Crippen LogP contribution is -2.28. The summed E-state index contributed by atoms with van der Waals surface area (Å²) >= 11 is 0. The van der Waals surface area contributed by atoms with Crippen LogP contribution in [0.25, 0.3) is 10.9 Å². The Kier molecular flexibility index (Phi) is 1.89. The lowest BCUT2D eigenvalue weighted by molar-refractivity contribution is 0.286. The molecular weight excluding hydrogens is 236 g/mol. The molecule has 1 aliphatic rings. The molecule has 0 saturated heterocycles. The van der Waals surface area contributed by atoms with Gasteiger partial charge in [-0.25, -0.2) is 0 Å². The van der Waals surface area contributed by atoms with Crippen molar-refractivity contribution < 1.29 is 13.0 Å². The van der Waals surface area contributed by atoms with Gasteiger partial charge >= 0.3 is 0 Å². The Morgan fingerprint density at radius 3 is 3.16 bits per heavy atom. The van der Waals surface area contributed by atoms with Crippen LogP contribution in [0.1, 0.15) is 27.1 Å². The van der Waals surface area contributed by atoms with E-state index in [4.69, 9.17) is 13.0 Å². The Morgan fingerprint density at radius 1 is 1.42 bits per heavy atom. The molecule has 19 heavy (non-hydrogen) atoms. The van der Waals surface area contributed by atoms with E-state index >= 15 is 0 Å². The molecule has 1 aliphatic heterocycles. The molecule has 0 N–H and O–H groups in total. The average molecular weight is 264 g/mol. The van der Waals surface area contributed by atoms with Crippen LogP contribution in [0.5, 0.6) is 5.75 Å². The Hall–Kier alpha value is -1.48. The van der Waals surface area contributed by atoms with Crippen molar-refractivity contribution in [2.24, 2.45) is 0 Å². The number of likely N-dealkylation sites (N-methyl/N-ethyl adjacent to an activating group) is 1. The summed E-state index contributed by atoms with van der Waals surface area (Å²) in [5, 5.41) is 1.08. The number of rotatable bonds is 3. The topological polar surface area (TPSA) is 17.4 Å². The SMILES string of the molecule is [2H]C([2H])([2H])N([C@H](C)Cn1ccc2c3c(ccc21)OCCC3)C([2H])([2H])[2H]. The third-order valence-corrected chi connectivity index (χ3v) is 3.75. The minimum atomic E-state index is -2.68. The maximum atomic E-state index is 7.56. The molecule has 1 atom stereocenters. The lowest BCUT2D eigenvalue weighted by Gasteiger charge is -2.21. The van der Waals surface area contributed by atoms with E-state index in [1.165, 1.54) is 5.56 Å². The Labute approximate surface area is 123 Å². The summed E-state index contributed by atoms with van der Waals surface area (Å²) in [4.78, 5) is 0.632. The highest BCUT2D eigenvalue weighted by Gasteiger charge is 2.16.